The van der Waals surface area contributed by atoms with E-state index in [0.29, 0.717) is 36.2 Å². The number of hydrogen-bond acceptors (Lipinski definition) is 4. The lowest BCUT2D eigenvalue weighted by Crippen LogP contribution is -2.15. The molecule has 154 valence electrons. The monoisotopic (exact) mass is 485 g/mol. The van der Waals surface area contributed by atoms with Crippen LogP contribution in [0.3, 0.4) is 0 Å². The molecule has 0 spiro atoms. The number of para-hydroxylation sites is 2. The molecule has 0 atom stereocenters. The van der Waals surface area contributed by atoms with Gasteiger partial charge in [-0.2, -0.15) is 0 Å². The van der Waals surface area contributed by atoms with E-state index in [1.165, 1.54) is 0 Å². The number of hydrogen-bond donors (Lipinski definition) is 2. The number of fused-ring (bicyclic) bond motifs is 1. The van der Waals surface area contributed by atoms with Gasteiger partial charge in [-0.1, -0.05) is 57.9 Å². The first-order chi connectivity index (χ1) is 14.7. The van der Waals surface area contributed by atoms with Crippen LogP contribution in [0.4, 0.5) is 0 Å². The molecule has 7 heteroatoms. The Labute approximate surface area is 188 Å². The van der Waals surface area contributed by atoms with Crippen molar-refractivity contribution < 1.29 is 9.47 Å². The summed E-state index contributed by atoms with van der Waals surface area (Å²) in [5, 5.41) is 4.11. The zero-order chi connectivity index (χ0) is 20.9. The number of H-pyrrole nitrogens is 1. The van der Waals surface area contributed by atoms with E-state index in [-0.39, 0.29) is 0 Å². The number of aromatic amines is 1. The second-order valence-electron chi connectivity index (χ2n) is 6.74. The van der Waals surface area contributed by atoms with Crippen LogP contribution in [0.1, 0.15) is 17.0 Å². The van der Waals surface area contributed by atoms with Crippen LogP contribution < -0.4 is 14.8 Å². The number of ether oxygens (including phenoxy) is 2. The summed E-state index contributed by atoms with van der Waals surface area (Å²) in [7, 11) is 1.64. The summed E-state index contributed by atoms with van der Waals surface area (Å²) in [5.41, 5.74) is 3.88. The fourth-order valence-electron chi connectivity index (χ4n) is 3.23. The summed E-state index contributed by atoms with van der Waals surface area (Å²) in [4.78, 5) is 7.94. The Morgan fingerprint density at radius 3 is 2.63 bits per heavy atom. The largest absolute Gasteiger partial charge is 0.493 e. The van der Waals surface area contributed by atoms with Gasteiger partial charge in [-0.15, -0.1) is 0 Å². The summed E-state index contributed by atoms with van der Waals surface area (Å²) in [6.45, 7) is 1.53. The van der Waals surface area contributed by atoms with Crippen molar-refractivity contribution in [3.8, 4) is 11.5 Å². The minimum absolute atomic E-state index is 0.350. The Hall–Kier alpha value is -2.54. The van der Waals surface area contributed by atoms with E-state index in [9.17, 15) is 0 Å². The zero-order valence-electron chi connectivity index (χ0n) is 16.4. The molecule has 30 heavy (non-hydrogen) atoms. The third-order valence-corrected chi connectivity index (χ3v) is 5.86. The number of aromatic nitrogens is 2. The van der Waals surface area contributed by atoms with E-state index in [2.05, 4.69) is 31.2 Å². The number of benzene rings is 3. The Bertz CT molecular complexity index is 1130. The van der Waals surface area contributed by atoms with Crippen LogP contribution in [0.15, 0.2) is 65.1 Å². The summed E-state index contributed by atoms with van der Waals surface area (Å²) < 4.78 is 12.6. The average molecular weight is 487 g/mol. The molecule has 0 aliphatic heterocycles. The molecule has 0 amide bonds. The highest BCUT2D eigenvalue weighted by atomic mass is 79.9. The van der Waals surface area contributed by atoms with E-state index >= 15 is 0 Å². The van der Waals surface area contributed by atoms with E-state index < -0.39 is 0 Å². The molecule has 0 saturated carbocycles. The van der Waals surface area contributed by atoms with Gasteiger partial charge >= 0.3 is 0 Å². The smallest absolute Gasteiger partial charge is 0.167 e. The molecule has 0 radical (unpaired) electrons. The van der Waals surface area contributed by atoms with Crippen LogP contribution in [0.2, 0.25) is 5.02 Å². The molecule has 0 aliphatic rings. The van der Waals surface area contributed by atoms with Crippen molar-refractivity contribution in [2.45, 2.75) is 19.7 Å². The highest BCUT2D eigenvalue weighted by Crippen LogP contribution is 2.37. The number of imidazole rings is 1. The minimum Gasteiger partial charge on any atom is -0.493 e. The Kier molecular flexibility index (Phi) is 6.57. The summed E-state index contributed by atoms with van der Waals surface area (Å²) in [6, 6.07) is 19.5. The lowest BCUT2D eigenvalue weighted by atomic mass is 10.1. The fourth-order valence-corrected chi connectivity index (χ4v) is 3.87. The van der Waals surface area contributed by atoms with Crippen molar-refractivity contribution in [2.75, 3.05) is 7.11 Å². The molecule has 0 fully saturated rings. The zero-order valence-corrected chi connectivity index (χ0v) is 18.8. The van der Waals surface area contributed by atoms with Gasteiger partial charge < -0.3 is 19.8 Å². The molecule has 0 bridgehead atoms. The van der Waals surface area contributed by atoms with Crippen molar-refractivity contribution in [3.63, 3.8) is 0 Å². The average Bonchev–Trinajstić information content (AvgIpc) is 3.17. The van der Waals surface area contributed by atoms with Gasteiger partial charge in [-0.05, 0) is 30.3 Å². The molecular formula is C23H21BrClN3O2. The molecule has 3 aromatic carbocycles. The fraction of sp³-hybridized carbons (Fsp3) is 0.174. The van der Waals surface area contributed by atoms with Gasteiger partial charge in [0.15, 0.2) is 11.5 Å². The molecule has 5 nitrogen and oxygen atoms in total. The van der Waals surface area contributed by atoms with Crippen molar-refractivity contribution in [1.29, 1.82) is 0 Å². The normalized spacial score (nSPS) is 11.0. The summed E-state index contributed by atoms with van der Waals surface area (Å²) >= 11 is 9.92. The van der Waals surface area contributed by atoms with Gasteiger partial charge in [0, 0.05) is 27.2 Å². The molecule has 1 aromatic heterocycles. The van der Waals surface area contributed by atoms with Crippen molar-refractivity contribution in [2.24, 2.45) is 0 Å². The van der Waals surface area contributed by atoms with Gasteiger partial charge in [-0.3, -0.25) is 0 Å². The number of halogens is 2. The molecule has 0 saturated heterocycles. The topological polar surface area (TPSA) is 59.2 Å². The number of nitrogens with one attached hydrogen (secondary N) is 2. The second kappa shape index (κ2) is 9.51. The van der Waals surface area contributed by atoms with Crippen LogP contribution in [0.5, 0.6) is 11.5 Å². The Morgan fingerprint density at radius 2 is 1.83 bits per heavy atom. The summed E-state index contributed by atoms with van der Waals surface area (Å²) in [6.07, 6.45) is 0. The SMILES string of the molecule is COc1ccc(Br)c(CNCc2nc3ccccc3[nH]2)c1OCc1ccccc1Cl. The quantitative estimate of drug-likeness (QED) is 0.328. The second-order valence-corrected chi connectivity index (χ2v) is 8.00. The van der Waals surface area contributed by atoms with Crippen LogP contribution in [-0.2, 0) is 19.7 Å². The first-order valence-electron chi connectivity index (χ1n) is 9.51. The molecule has 4 aromatic rings. The third kappa shape index (κ3) is 4.61. The maximum atomic E-state index is 6.28. The first kappa shape index (κ1) is 20.7. The maximum absolute atomic E-state index is 6.28. The minimum atomic E-state index is 0.350. The van der Waals surface area contributed by atoms with E-state index in [4.69, 9.17) is 21.1 Å². The van der Waals surface area contributed by atoms with Gasteiger partial charge in [0.25, 0.3) is 0 Å². The van der Waals surface area contributed by atoms with Crippen molar-refractivity contribution >= 4 is 38.6 Å². The first-order valence-corrected chi connectivity index (χ1v) is 10.7. The van der Waals surface area contributed by atoms with Gasteiger partial charge in [0.05, 0.1) is 24.7 Å². The van der Waals surface area contributed by atoms with E-state index in [1.54, 1.807) is 7.11 Å². The van der Waals surface area contributed by atoms with Gasteiger partial charge in [-0.25, -0.2) is 4.98 Å². The standard InChI is InChI=1S/C23H21BrClN3O2/c1-29-21-11-10-17(24)16(23(21)30-14-15-6-2-3-7-18(15)25)12-26-13-22-27-19-8-4-5-9-20(19)28-22/h2-11,26H,12-14H2,1H3,(H,27,28). The lowest BCUT2D eigenvalue weighted by molar-refractivity contribution is 0.280. The molecule has 0 unspecified atom stereocenters. The highest BCUT2D eigenvalue weighted by Gasteiger charge is 2.15. The predicted molar refractivity (Wildman–Crippen MR) is 123 cm³/mol. The molecule has 2 N–H and O–H groups in total. The van der Waals surface area contributed by atoms with Crippen molar-refractivity contribution in [3.05, 3.63) is 87.1 Å². The Balaban J connectivity index is 1.50. The third-order valence-electron chi connectivity index (χ3n) is 4.75. The van der Waals surface area contributed by atoms with Gasteiger partial charge in [0.1, 0.15) is 12.4 Å². The van der Waals surface area contributed by atoms with Crippen LogP contribution in [0, 0.1) is 0 Å². The number of nitrogens with zero attached hydrogens (tertiary/aromatic N) is 1. The maximum Gasteiger partial charge on any atom is 0.167 e. The van der Waals surface area contributed by atoms with Crippen molar-refractivity contribution in [1.82, 2.24) is 15.3 Å². The van der Waals surface area contributed by atoms with E-state index in [1.807, 2.05) is 60.7 Å². The predicted octanol–water partition coefficient (Wildman–Crippen LogP) is 5.86. The van der Waals surface area contributed by atoms with Crippen LogP contribution in [0.25, 0.3) is 11.0 Å². The summed E-state index contributed by atoms with van der Waals surface area (Å²) in [5.74, 6) is 2.24. The molecule has 1 heterocycles. The van der Waals surface area contributed by atoms with Crippen LogP contribution in [-0.4, -0.2) is 17.1 Å². The molecule has 4 rings (SSSR count). The number of rotatable bonds is 8. The Morgan fingerprint density at radius 1 is 1.03 bits per heavy atom. The van der Waals surface area contributed by atoms with E-state index in [0.717, 1.165) is 32.5 Å². The highest BCUT2D eigenvalue weighted by molar-refractivity contribution is 9.10. The molecule has 0 aliphatic carbocycles. The van der Waals surface area contributed by atoms with Crippen LogP contribution >= 0.6 is 27.5 Å². The van der Waals surface area contributed by atoms with Gasteiger partial charge in [0.2, 0.25) is 0 Å². The molecular weight excluding hydrogens is 466 g/mol. The number of methoxy groups -OCH3 is 1. The lowest BCUT2D eigenvalue weighted by Gasteiger charge is -2.17.